The number of sulfone groups is 1. The zero-order valence-corrected chi connectivity index (χ0v) is 16.3. The van der Waals surface area contributed by atoms with Crippen molar-refractivity contribution in [2.24, 2.45) is 0 Å². The largest absolute Gasteiger partial charge is 0.451 e. The van der Waals surface area contributed by atoms with Crippen molar-refractivity contribution in [3.05, 3.63) is 44.6 Å². The van der Waals surface area contributed by atoms with E-state index in [2.05, 4.69) is 5.32 Å². The summed E-state index contributed by atoms with van der Waals surface area (Å²) < 4.78 is 28.2. The van der Waals surface area contributed by atoms with E-state index in [0.717, 1.165) is 25.5 Å². The van der Waals surface area contributed by atoms with Gasteiger partial charge in [0.25, 0.3) is 5.91 Å². The van der Waals surface area contributed by atoms with Gasteiger partial charge < -0.3 is 10.1 Å². The summed E-state index contributed by atoms with van der Waals surface area (Å²) in [5.41, 5.74) is 1.32. The number of halogens is 1. The fourth-order valence-electron chi connectivity index (χ4n) is 2.65. The number of thiophene rings is 1. The molecule has 1 aliphatic rings. The molecule has 1 aliphatic carbocycles. The smallest absolute Gasteiger partial charge is 0.348 e. The van der Waals surface area contributed by atoms with Gasteiger partial charge in [-0.3, -0.25) is 4.79 Å². The number of hydrogen-bond donors (Lipinski definition) is 1. The molecule has 0 saturated heterocycles. The summed E-state index contributed by atoms with van der Waals surface area (Å²) in [6.07, 6.45) is 4.10. The van der Waals surface area contributed by atoms with Gasteiger partial charge in [-0.1, -0.05) is 11.6 Å². The number of amides is 1. The highest BCUT2D eigenvalue weighted by molar-refractivity contribution is 7.90. The van der Waals surface area contributed by atoms with Crippen LogP contribution in [0.5, 0.6) is 0 Å². The number of anilines is 1. The lowest BCUT2D eigenvalue weighted by molar-refractivity contribution is -0.119. The molecule has 0 atom stereocenters. The van der Waals surface area contributed by atoms with E-state index < -0.39 is 28.3 Å². The summed E-state index contributed by atoms with van der Waals surface area (Å²) in [6.45, 7) is -0.485. The minimum Gasteiger partial charge on any atom is -0.451 e. The van der Waals surface area contributed by atoms with Crippen LogP contribution in [0.15, 0.2) is 29.2 Å². The van der Waals surface area contributed by atoms with E-state index in [4.69, 9.17) is 16.3 Å². The Morgan fingerprint density at radius 3 is 2.73 bits per heavy atom. The molecule has 0 unspecified atom stereocenters. The van der Waals surface area contributed by atoms with E-state index in [0.29, 0.717) is 4.88 Å². The molecular formula is C17H16ClNO5S2. The molecule has 138 valence electrons. The van der Waals surface area contributed by atoms with Crippen LogP contribution in [0.4, 0.5) is 5.69 Å². The molecule has 1 aromatic carbocycles. The first-order valence-electron chi connectivity index (χ1n) is 7.82. The summed E-state index contributed by atoms with van der Waals surface area (Å²) in [5.74, 6) is -1.15. The topological polar surface area (TPSA) is 89.5 Å². The maximum absolute atomic E-state index is 12.1. The van der Waals surface area contributed by atoms with Crippen LogP contribution >= 0.6 is 22.9 Å². The number of carbonyl (C=O) groups is 2. The van der Waals surface area contributed by atoms with Gasteiger partial charge >= 0.3 is 5.97 Å². The molecule has 6 nitrogen and oxygen atoms in total. The number of carbonyl (C=O) groups excluding carboxylic acids is 2. The van der Waals surface area contributed by atoms with Crippen LogP contribution in [0.3, 0.4) is 0 Å². The lowest BCUT2D eigenvalue weighted by Gasteiger charge is -2.09. The fraction of sp³-hybridized carbons (Fsp3) is 0.294. The lowest BCUT2D eigenvalue weighted by atomic mass is 10.2. The highest BCUT2D eigenvalue weighted by atomic mass is 35.5. The molecule has 1 heterocycles. The number of esters is 1. The molecule has 0 radical (unpaired) electrons. The maximum Gasteiger partial charge on any atom is 0.348 e. The van der Waals surface area contributed by atoms with Gasteiger partial charge in [-0.2, -0.15) is 0 Å². The molecule has 0 fully saturated rings. The summed E-state index contributed by atoms with van der Waals surface area (Å²) in [7, 11) is -3.43. The molecule has 0 bridgehead atoms. The molecule has 0 saturated carbocycles. The highest BCUT2D eigenvalue weighted by Crippen LogP contribution is 2.31. The zero-order valence-electron chi connectivity index (χ0n) is 13.9. The van der Waals surface area contributed by atoms with Gasteiger partial charge in [-0.25, -0.2) is 13.2 Å². The number of benzene rings is 1. The summed E-state index contributed by atoms with van der Waals surface area (Å²) in [5, 5.41) is 2.65. The molecule has 3 rings (SSSR count). The quantitative estimate of drug-likeness (QED) is 0.761. The van der Waals surface area contributed by atoms with E-state index in [1.165, 1.54) is 40.0 Å². The second-order valence-corrected chi connectivity index (χ2v) is 9.51. The normalized spacial score (nSPS) is 13.3. The minimum absolute atomic E-state index is 0.0299. The molecule has 1 amide bonds. The molecule has 2 aromatic rings. The summed E-state index contributed by atoms with van der Waals surface area (Å²) in [4.78, 5) is 25.8. The van der Waals surface area contributed by atoms with Gasteiger partial charge in [-0.05, 0) is 49.1 Å². The van der Waals surface area contributed by atoms with Gasteiger partial charge in [0.1, 0.15) is 4.88 Å². The Morgan fingerprint density at radius 2 is 2.04 bits per heavy atom. The zero-order chi connectivity index (χ0) is 18.9. The number of nitrogens with one attached hydrogen (secondary N) is 1. The van der Waals surface area contributed by atoms with Crippen molar-refractivity contribution < 1.29 is 22.7 Å². The SMILES string of the molecule is CS(=O)(=O)c1ccc(Cl)c(NC(=O)COC(=O)c2cc3c(s2)CCC3)c1. The predicted molar refractivity (Wildman–Crippen MR) is 99.8 cm³/mol. The van der Waals surface area contributed by atoms with Crippen LogP contribution in [-0.4, -0.2) is 33.2 Å². The third-order valence-electron chi connectivity index (χ3n) is 3.92. The first-order valence-corrected chi connectivity index (χ1v) is 10.9. The van der Waals surface area contributed by atoms with Crippen LogP contribution in [0.2, 0.25) is 5.02 Å². The average Bonchev–Trinajstić information content (AvgIpc) is 3.15. The molecule has 26 heavy (non-hydrogen) atoms. The first kappa shape index (κ1) is 18.9. The van der Waals surface area contributed by atoms with Crippen molar-refractivity contribution in [2.45, 2.75) is 24.2 Å². The van der Waals surface area contributed by atoms with Crippen molar-refractivity contribution in [1.82, 2.24) is 0 Å². The number of hydrogen-bond acceptors (Lipinski definition) is 6. The standard InChI is InChI=1S/C17H16ClNO5S2/c1-26(22,23)11-5-6-12(18)13(8-11)19-16(20)9-24-17(21)15-7-10-3-2-4-14(10)25-15/h5-8H,2-4,9H2,1H3,(H,19,20). The van der Waals surface area contributed by atoms with Crippen molar-refractivity contribution in [2.75, 3.05) is 18.2 Å². The van der Waals surface area contributed by atoms with Crippen molar-refractivity contribution in [1.29, 1.82) is 0 Å². The minimum atomic E-state index is -3.43. The van der Waals surface area contributed by atoms with Crippen molar-refractivity contribution in [3.8, 4) is 0 Å². The molecule has 0 aliphatic heterocycles. The number of rotatable bonds is 5. The van der Waals surface area contributed by atoms with E-state index in [-0.39, 0.29) is 15.6 Å². The summed E-state index contributed by atoms with van der Waals surface area (Å²) in [6, 6.07) is 5.82. The number of ether oxygens (including phenoxy) is 1. The second-order valence-electron chi connectivity index (χ2n) is 5.95. The van der Waals surface area contributed by atoms with E-state index in [9.17, 15) is 18.0 Å². The van der Waals surface area contributed by atoms with E-state index in [1.54, 1.807) is 0 Å². The Morgan fingerprint density at radius 1 is 1.27 bits per heavy atom. The van der Waals surface area contributed by atoms with Crippen molar-refractivity contribution >= 4 is 50.3 Å². The molecule has 0 spiro atoms. The van der Waals surface area contributed by atoms with Crippen LogP contribution < -0.4 is 5.32 Å². The number of fused-ring (bicyclic) bond motifs is 1. The van der Waals surface area contributed by atoms with E-state index in [1.807, 2.05) is 6.07 Å². The predicted octanol–water partition coefficient (Wildman–Crippen LogP) is 3.09. The van der Waals surface area contributed by atoms with E-state index >= 15 is 0 Å². The summed E-state index contributed by atoms with van der Waals surface area (Å²) >= 11 is 7.37. The highest BCUT2D eigenvalue weighted by Gasteiger charge is 2.20. The Kier molecular flexibility index (Phi) is 5.36. The van der Waals surface area contributed by atoms with Gasteiger partial charge in [0, 0.05) is 11.1 Å². The maximum atomic E-state index is 12.1. The Labute approximate surface area is 160 Å². The Balaban J connectivity index is 1.61. The first-order chi connectivity index (χ1) is 12.2. The Hall–Kier alpha value is -1.90. The lowest BCUT2D eigenvalue weighted by Crippen LogP contribution is -2.21. The number of aryl methyl sites for hydroxylation is 2. The van der Waals surface area contributed by atoms with Crippen LogP contribution in [0, 0.1) is 0 Å². The molecule has 9 heteroatoms. The van der Waals surface area contributed by atoms with Gasteiger partial charge in [0.05, 0.1) is 15.6 Å². The van der Waals surface area contributed by atoms with Crippen molar-refractivity contribution in [3.63, 3.8) is 0 Å². The van der Waals surface area contributed by atoms with Gasteiger partial charge in [-0.15, -0.1) is 11.3 Å². The average molecular weight is 414 g/mol. The monoisotopic (exact) mass is 413 g/mol. The molecule has 1 N–H and O–H groups in total. The van der Waals surface area contributed by atoms with Gasteiger partial charge in [0.2, 0.25) is 0 Å². The Bertz CT molecular complexity index is 960. The van der Waals surface area contributed by atoms with Crippen LogP contribution in [-0.2, 0) is 32.2 Å². The molecular weight excluding hydrogens is 398 g/mol. The van der Waals surface area contributed by atoms with Crippen LogP contribution in [0.1, 0.15) is 26.5 Å². The van der Waals surface area contributed by atoms with Crippen LogP contribution in [0.25, 0.3) is 0 Å². The molecule has 1 aromatic heterocycles. The third-order valence-corrected chi connectivity index (χ3v) is 6.58. The third kappa shape index (κ3) is 4.25. The van der Waals surface area contributed by atoms with Gasteiger partial charge in [0.15, 0.2) is 16.4 Å². The fourth-order valence-corrected chi connectivity index (χ4v) is 4.61. The second kappa shape index (κ2) is 7.38.